The van der Waals surface area contributed by atoms with E-state index in [1.165, 1.54) is 12.8 Å². The van der Waals surface area contributed by atoms with Crippen LogP contribution in [0.3, 0.4) is 0 Å². The number of aromatic nitrogens is 2. The van der Waals surface area contributed by atoms with Crippen molar-refractivity contribution in [2.75, 3.05) is 13.1 Å². The summed E-state index contributed by atoms with van der Waals surface area (Å²) in [6.07, 6.45) is 7.61. The highest BCUT2D eigenvalue weighted by Gasteiger charge is 2.18. The molecule has 1 amide bonds. The second-order valence-electron chi connectivity index (χ2n) is 6.88. The molecule has 0 bridgehead atoms. The van der Waals surface area contributed by atoms with E-state index >= 15 is 0 Å². The standard InChI is InChI=1S/C17H30N4O/c1-13(2)6-4-7-14(3)19-17(22)16-9-11-21(20-16)15-8-5-10-18-12-15/h9,11,13-15,18H,4-8,10,12H2,1-3H3,(H,19,22). The molecule has 2 atom stereocenters. The molecule has 2 unspecified atom stereocenters. The zero-order chi connectivity index (χ0) is 15.9. The van der Waals surface area contributed by atoms with Gasteiger partial charge in [0.05, 0.1) is 6.04 Å². The molecule has 2 rings (SSSR count). The summed E-state index contributed by atoms with van der Waals surface area (Å²) in [5.41, 5.74) is 0.529. The molecule has 1 fully saturated rings. The van der Waals surface area contributed by atoms with Gasteiger partial charge in [-0.05, 0) is 44.7 Å². The molecule has 0 spiro atoms. The van der Waals surface area contributed by atoms with Crippen LogP contribution in [0.2, 0.25) is 0 Å². The molecule has 0 aromatic carbocycles. The third-order valence-corrected chi connectivity index (χ3v) is 4.28. The summed E-state index contributed by atoms with van der Waals surface area (Å²) in [6.45, 7) is 8.56. The minimum absolute atomic E-state index is 0.0560. The number of rotatable bonds is 7. The van der Waals surface area contributed by atoms with Crippen LogP contribution in [-0.4, -0.2) is 34.8 Å². The first-order valence-electron chi connectivity index (χ1n) is 8.63. The molecule has 1 aliphatic heterocycles. The van der Waals surface area contributed by atoms with Crippen molar-refractivity contribution in [3.8, 4) is 0 Å². The minimum Gasteiger partial charge on any atom is -0.348 e. The van der Waals surface area contributed by atoms with E-state index in [0.717, 1.165) is 38.3 Å². The molecule has 124 valence electrons. The largest absolute Gasteiger partial charge is 0.348 e. The molecule has 0 saturated carbocycles. The fraction of sp³-hybridized carbons (Fsp3) is 0.765. The van der Waals surface area contributed by atoms with E-state index in [1.54, 1.807) is 0 Å². The van der Waals surface area contributed by atoms with Gasteiger partial charge in [0.25, 0.3) is 5.91 Å². The third kappa shape index (κ3) is 5.13. The van der Waals surface area contributed by atoms with E-state index in [-0.39, 0.29) is 11.9 Å². The highest BCUT2D eigenvalue weighted by molar-refractivity contribution is 5.92. The predicted octanol–water partition coefficient (Wildman–Crippen LogP) is 2.75. The maximum Gasteiger partial charge on any atom is 0.271 e. The number of hydrogen-bond donors (Lipinski definition) is 2. The Bertz CT molecular complexity index is 463. The van der Waals surface area contributed by atoms with Crippen LogP contribution in [0, 0.1) is 5.92 Å². The third-order valence-electron chi connectivity index (χ3n) is 4.28. The Balaban J connectivity index is 1.80. The fourth-order valence-corrected chi connectivity index (χ4v) is 2.92. The Hall–Kier alpha value is -1.36. The number of amides is 1. The van der Waals surface area contributed by atoms with Crippen LogP contribution in [0.1, 0.15) is 69.4 Å². The first-order chi connectivity index (χ1) is 10.6. The Kier molecular flexibility index (Phi) is 6.43. The highest BCUT2D eigenvalue weighted by Crippen LogP contribution is 2.16. The van der Waals surface area contributed by atoms with E-state index in [4.69, 9.17) is 0 Å². The number of carbonyl (C=O) groups is 1. The smallest absolute Gasteiger partial charge is 0.271 e. The Morgan fingerprint density at radius 2 is 2.27 bits per heavy atom. The summed E-state index contributed by atoms with van der Waals surface area (Å²) >= 11 is 0. The van der Waals surface area contributed by atoms with E-state index in [0.29, 0.717) is 11.7 Å². The maximum atomic E-state index is 12.2. The summed E-state index contributed by atoms with van der Waals surface area (Å²) in [5.74, 6) is 0.669. The highest BCUT2D eigenvalue weighted by atomic mass is 16.2. The number of nitrogens with zero attached hydrogens (tertiary/aromatic N) is 2. The summed E-state index contributed by atoms with van der Waals surface area (Å²) < 4.78 is 1.94. The average Bonchev–Trinajstić information content (AvgIpc) is 2.97. The zero-order valence-electron chi connectivity index (χ0n) is 14.1. The van der Waals surface area contributed by atoms with Crippen molar-refractivity contribution in [1.29, 1.82) is 0 Å². The van der Waals surface area contributed by atoms with Gasteiger partial charge in [0.15, 0.2) is 0 Å². The van der Waals surface area contributed by atoms with E-state index in [2.05, 4.69) is 36.5 Å². The van der Waals surface area contributed by atoms with Gasteiger partial charge < -0.3 is 10.6 Å². The van der Waals surface area contributed by atoms with Gasteiger partial charge in [0, 0.05) is 18.8 Å². The summed E-state index contributed by atoms with van der Waals surface area (Å²) in [7, 11) is 0. The van der Waals surface area contributed by atoms with Crippen LogP contribution in [0.5, 0.6) is 0 Å². The van der Waals surface area contributed by atoms with Gasteiger partial charge in [0.1, 0.15) is 5.69 Å². The molecule has 1 aromatic rings. The molecule has 1 saturated heterocycles. The van der Waals surface area contributed by atoms with Crippen LogP contribution in [0.4, 0.5) is 0 Å². The van der Waals surface area contributed by atoms with Gasteiger partial charge in [-0.2, -0.15) is 5.10 Å². The lowest BCUT2D eigenvalue weighted by Gasteiger charge is -2.22. The van der Waals surface area contributed by atoms with Crippen LogP contribution < -0.4 is 10.6 Å². The number of hydrogen-bond acceptors (Lipinski definition) is 3. The van der Waals surface area contributed by atoms with Gasteiger partial charge in [-0.15, -0.1) is 0 Å². The second kappa shape index (κ2) is 8.32. The van der Waals surface area contributed by atoms with Gasteiger partial charge in [-0.1, -0.05) is 26.7 Å². The Morgan fingerprint density at radius 1 is 1.45 bits per heavy atom. The Labute approximate surface area is 133 Å². The topological polar surface area (TPSA) is 59.0 Å². The normalized spacial score (nSPS) is 20.1. The van der Waals surface area contributed by atoms with Crippen LogP contribution in [0.15, 0.2) is 12.3 Å². The second-order valence-corrected chi connectivity index (χ2v) is 6.88. The van der Waals surface area contributed by atoms with Crippen molar-refractivity contribution in [3.05, 3.63) is 18.0 Å². The van der Waals surface area contributed by atoms with Crippen molar-refractivity contribution >= 4 is 5.91 Å². The van der Waals surface area contributed by atoms with Gasteiger partial charge in [-0.25, -0.2) is 0 Å². The Morgan fingerprint density at radius 3 is 2.95 bits per heavy atom. The zero-order valence-corrected chi connectivity index (χ0v) is 14.1. The van der Waals surface area contributed by atoms with Crippen molar-refractivity contribution in [2.24, 2.45) is 5.92 Å². The molecule has 0 radical (unpaired) electrons. The summed E-state index contributed by atoms with van der Waals surface area (Å²) in [5, 5.41) is 10.9. The molecule has 5 nitrogen and oxygen atoms in total. The quantitative estimate of drug-likeness (QED) is 0.814. The SMILES string of the molecule is CC(C)CCCC(C)NC(=O)c1ccn(C2CCCNC2)n1. The summed E-state index contributed by atoms with van der Waals surface area (Å²) in [6, 6.07) is 2.40. The monoisotopic (exact) mass is 306 g/mol. The lowest BCUT2D eigenvalue weighted by Crippen LogP contribution is -2.34. The molecule has 1 aromatic heterocycles. The van der Waals surface area contributed by atoms with E-state index in [9.17, 15) is 4.79 Å². The lowest BCUT2D eigenvalue weighted by molar-refractivity contribution is 0.0931. The number of carbonyl (C=O) groups excluding carboxylic acids is 1. The minimum atomic E-state index is -0.0560. The van der Waals surface area contributed by atoms with Crippen molar-refractivity contribution in [3.63, 3.8) is 0 Å². The first-order valence-corrected chi connectivity index (χ1v) is 8.63. The van der Waals surface area contributed by atoms with Crippen molar-refractivity contribution in [2.45, 2.75) is 65.0 Å². The first kappa shape index (κ1) is 17.0. The van der Waals surface area contributed by atoms with Gasteiger partial charge >= 0.3 is 0 Å². The average molecular weight is 306 g/mol. The molecule has 2 heterocycles. The van der Waals surface area contributed by atoms with E-state index < -0.39 is 0 Å². The molecule has 0 aliphatic carbocycles. The van der Waals surface area contributed by atoms with Crippen LogP contribution in [-0.2, 0) is 0 Å². The van der Waals surface area contributed by atoms with Crippen molar-refractivity contribution < 1.29 is 4.79 Å². The molecule has 2 N–H and O–H groups in total. The molecule has 22 heavy (non-hydrogen) atoms. The van der Waals surface area contributed by atoms with Gasteiger partial charge in [0.2, 0.25) is 0 Å². The van der Waals surface area contributed by atoms with E-state index in [1.807, 2.05) is 16.9 Å². The predicted molar refractivity (Wildman–Crippen MR) is 89.0 cm³/mol. The van der Waals surface area contributed by atoms with Crippen LogP contribution in [0.25, 0.3) is 0 Å². The van der Waals surface area contributed by atoms with Crippen LogP contribution >= 0.6 is 0 Å². The molecular weight excluding hydrogens is 276 g/mol. The van der Waals surface area contributed by atoms with Gasteiger partial charge in [-0.3, -0.25) is 9.48 Å². The number of piperidine rings is 1. The maximum absolute atomic E-state index is 12.2. The number of nitrogens with one attached hydrogen (secondary N) is 2. The fourth-order valence-electron chi connectivity index (χ4n) is 2.92. The van der Waals surface area contributed by atoms with Crippen molar-refractivity contribution in [1.82, 2.24) is 20.4 Å². The lowest BCUT2D eigenvalue weighted by atomic mass is 10.0. The molecule has 5 heteroatoms. The molecule has 1 aliphatic rings. The summed E-state index contributed by atoms with van der Waals surface area (Å²) in [4.78, 5) is 12.2. The molecular formula is C17H30N4O.